The van der Waals surface area contributed by atoms with Crippen molar-refractivity contribution in [2.45, 2.75) is 12.1 Å². The van der Waals surface area contributed by atoms with Crippen LogP contribution in [0.3, 0.4) is 0 Å². The van der Waals surface area contributed by atoms with Crippen LogP contribution in [-0.2, 0) is 6.18 Å². The van der Waals surface area contributed by atoms with E-state index in [4.69, 9.17) is 0 Å². The maximum Gasteiger partial charge on any atom is 0.418 e. The van der Waals surface area contributed by atoms with Crippen LogP contribution in [0.1, 0.15) is 16.1 Å². The molecule has 1 fully saturated rings. The molecule has 1 aromatic heterocycles. The second-order valence-corrected chi connectivity index (χ2v) is 3.91. The Balaban J connectivity index is 2.27. The molecule has 0 N–H and O–H groups in total. The average molecular weight is 266 g/mol. The SMILES string of the molecule is O=C(c1ncccc1C(F)(F)F)N1CC(F)(F)C1. The van der Waals surface area contributed by atoms with E-state index in [9.17, 15) is 26.7 Å². The number of hydrogen-bond acceptors (Lipinski definition) is 2. The fraction of sp³-hybridized carbons (Fsp3) is 0.400. The Kier molecular flexibility index (Phi) is 2.75. The van der Waals surface area contributed by atoms with E-state index >= 15 is 0 Å². The van der Waals surface area contributed by atoms with Crippen LogP contribution < -0.4 is 0 Å². The van der Waals surface area contributed by atoms with Gasteiger partial charge in [0.25, 0.3) is 11.8 Å². The molecule has 0 atom stereocenters. The summed E-state index contributed by atoms with van der Waals surface area (Å²) in [6.07, 6.45) is -3.73. The molecule has 0 radical (unpaired) electrons. The van der Waals surface area contributed by atoms with Crippen molar-refractivity contribution in [2.75, 3.05) is 13.1 Å². The lowest BCUT2D eigenvalue weighted by atomic mass is 10.1. The van der Waals surface area contributed by atoms with Crippen LogP contribution in [0.5, 0.6) is 0 Å². The smallest absolute Gasteiger partial charge is 0.325 e. The molecule has 3 nitrogen and oxygen atoms in total. The summed E-state index contributed by atoms with van der Waals surface area (Å²) in [6.45, 7) is -1.75. The number of likely N-dealkylation sites (tertiary alicyclic amines) is 1. The summed E-state index contributed by atoms with van der Waals surface area (Å²) in [4.78, 5) is 15.6. The van der Waals surface area contributed by atoms with Crippen molar-refractivity contribution < 1.29 is 26.7 Å². The van der Waals surface area contributed by atoms with Gasteiger partial charge in [0, 0.05) is 6.20 Å². The van der Waals surface area contributed by atoms with E-state index in [1.807, 2.05) is 0 Å². The molecular weight excluding hydrogens is 259 g/mol. The van der Waals surface area contributed by atoms with Crippen LogP contribution in [0.15, 0.2) is 18.3 Å². The molecule has 1 aliphatic rings. The van der Waals surface area contributed by atoms with Crippen molar-refractivity contribution >= 4 is 5.91 Å². The maximum atomic E-state index is 12.6. The van der Waals surface area contributed by atoms with Gasteiger partial charge >= 0.3 is 6.18 Å². The summed E-state index contributed by atoms with van der Waals surface area (Å²) in [7, 11) is 0. The van der Waals surface area contributed by atoms with Crippen molar-refractivity contribution in [3.63, 3.8) is 0 Å². The maximum absolute atomic E-state index is 12.6. The Morgan fingerprint density at radius 3 is 2.44 bits per heavy atom. The fourth-order valence-corrected chi connectivity index (χ4v) is 1.61. The van der Waals surface area contributed by atoms with E-state index in [1.165, 1.54) is 0 Å². The molecule has 1 amide bonds. The Labute approximate surface area is 98.2 Å². The van der Waals surface area contributed by atoms with Crippen molar-refractivity contribution in [3.05, 3.63) is 29.6 Å². The Morgan fingerprint density at radius 2 is 1.94 bits per heavy atom. The summed E-state index contributed by atoms with van der Waals surface area (Å²) in [6, 6.07) is 1.72. The highest BCUT2D eigenvalue weighted by molar-refractivity contribution is 5.94. The van der Waals surface area contributed by atoms with E-state index < -0.39 is 42.4 Å². The van der Waals surface area contributed by atoms with Crippen molar-refractivity contribution in [2.24, 2.45) is 0 Å². The van der Waals surface area contributed by atoms with Crippen LogP contribution >= 0.6 is 0 Å². The van der Waals surface area contributed by atoms with Gasteiger partial charge in [0.2, 0.25) is 0 Å². The lowest BCUT2D eigenvalue weighted by molar-refractivity contribution is -0.138. The van der Waals surface area contributed by atoms with Gasteiger partial charge in [-0.3, -0.25) is 9.78 Å². The first-order valence-corrected chi connectivity index (χ1v) is 4.90. The normalized spacial score (nSPS) is 18.4. The second-order valence-electron chi connectivity index (χ2n) is 3.91. The van der Waals surface area contributed by atoms with E-state index in [0.29, 0.717) is 11.0 Å². The minimum absolute atomic E-state index is 0.636. The molecule has 0 aromatic carbocycles. The fourth-order valence-electron chi connectivity index (χ4n) is 1.61. The zero-order chi connectivity index (χ0) is 13.6. The number of nitrogens with zero attached hydrogens (tertiary/aromatic N) is 2. The molecule has 1 saturated heterocycles. The Hall–Kier alpha value is -1.73. The first-order valence-electron chi connectivity index (χ1n) is 4.90. The van der Waals surface area contributed by atoms with E-state index in [-0.39, 0.29) is 0 Å². The van der Waals surface area contributed by atoms with Crippen molar-refractivity contribution in [3.8, 4) is 0 Å². The molecule has 98 valence electrons. The van der Waals surface area contributed by atoms with Crippen LogP contribution in [0.2, 0.25) is 0 Å². The number of aromatic nitrogens is 1. The number of pyridine rings is 1. The summed E-state index contributed by atoms with van der Waals surface area (Å²) < 4.78 is 62.9. The van der Waals surface area contributed by atoms with Gasteiger partial charge < -0.3 is 4.90 Å². The first kappa shape index (κ1) is 12.7. The number of carbonyl (C=O) groups excluding carboxylic acids is 1. The summed E-state index contributed by atoms with van der Waals surface area (Å²) >= 11 is 0. The standard InChI is InChI=1S/C10H7F5N2O/c11-9(12)4-17(5-9)8(18)7-6(10(13,14)15)2-1-3-16-7/h1-3H,4-5H2. The molecule has 0 spiro atoms. The van der Waals surface area contributed by atoms with Gasteiger partial charge in [-0.2, -0.15) is 13.2 Å². The highest BCUT2D eigenvalue weighted by atomic mass is 19.4. The molecule has 0 aliphatic carbocycles. The van der Waals surface area contributed by atoms with Crippen molar-refractivity contribution in [1.82, 2.24) is 9.88 Å². The lowest BCUT2D eigenvalue weighted by Gasteiger charge is -2.38. The molecule has 1 aliphatic heterocycles. The number of amides is 1. The van der Waals surface area contributed by atoms with E-state index in [2.05, 4.69) is 4.98 Å². The number of alkyl halides is 5. The first-order chi connectivity index (χ1) is 8.21. The van der Waals surface area contributed by atoms with Gasteiger partial charge in [0.05, 0.1) is 18.7 Å². The largest absolute Gasteiger partial charge is 0.418 e. The molecular formula is C10H7F5N2O. The van der Waals surface area contributed by atoms with E-state index in [1.54, 1.807) is 0 Å². The number of rotatable bonds is 1. The zero-order valence-electron chi connectivity index (χ0n) is 8.84. The molecule has 8 heteroatoms. The number of halogens is 5. The minimum atomic E-state index is -4.74. The van der Waals surface area contributed by atoms with Gasteiger partial charge in [-0.15, -0.1) is 0 Å². The summed E-state index contributed by atoms with van der Waals surface area (Å²) in [5.41, 5.74) is -2.06. The third-order valence-corrected chi connectivity index (χ3v) is 2.45. The predicted molar refractivity (Wildman–Crippen MR) is 50.1 cm³/mol. The van der Waals surface area contributed by atoms with Gasteiger partial charge in [0.15, 0.2) is 0 Å². The monoisotopic (exact) mass is 266 g/mol. The molecule has 2 heterocycles. The Morgan fingerprint density at radius 1 is 1.33 bits per heavy atom. The molecule has 2 rings (SSSR count). The highest BCUT2D eigenvalue weighted by Gasteiger charge is 2.48. The van der Waals surface area contributed by atoms with Gasteiger partial charge in [-0.1, -0.05) is 0 Å². The Bertz CT molecular complexity index is 477. The van der Waals surface area contributed by atoms with Crippen LogP contribution in [0, 0.1) is 0 Å². The minimum Gasteiger partial charge on any atom is -0.325 e. The molecule has 18 heavy (non-hydrogen) atoms. The van der Waals surface area contributed by atoms with Gasteiger partial charge in [-0.25, -0.2) is 8.78 Å². The van der Waals surface area contributed by atoms with Crippen LogP contribution in [-0.4, -0.2) is 34.8 Å². The molecule has 0 unspecified atom stereocenters. The van der Waals surface area contributed by atoms with E-state index in [0.717, 1.165) is 12.3 Å². The van der Waals surface area contributed by atoms with Crippen LogP contribution in [0.25, 0.3) is 0 Å². The van der Waals surface area contributed by atoms with Crippen LogP contribution in [0.4, 0.5) is 22.0 Å². The third-order valence-electron chi connectivity index (χ3n) is 2.45. The quantitative estimate of drug-likeness (QED) is 0.730. The zero-order valence-corrected chi connectivity index (χ0v) is 8.84. The van der Waals surface area contributed by atoms with Gasteiger partial charge in [0.1, 0.15) is 5.69 Å². The third kappa shape index (κ3) is 2.27. The molecule has 0 saturated carbocycles. The molecule has 1 aromatic rings. The summed E-state index contributed by atoms with van der Waals surface area (Å²) in [5.74, 6) is -4.16. The number of carbonyl (C=O) groups is 1. The van der Waals surface area contributed by atoms with Gasteiger partial charge in [-0.05, 0) is 12.1 Å². The summed E-state index contributed by atoms with van der Waals surface area (Å²) in [5, 5.41) is 0. The molecule has 0 bridgehead atoms. The second kappa shape index (κ2) is 3.89. The lowest BCUT2D eigenvalue weighted by Crippen LogP contribution is -2.58. The van der Waals surface area contributed by atoms with Crippen molar-refractivity contribution in [1.29, 1.82) is 0 Å². The topological polar surface area (TPSA) is 33.2 Å². The number of hydrogen-bond donors (Lipinski definition) is 0. The predicted octanol–water partition coefficient (Wildman–Crippen LogP) is 2.19. The average Bonchev–Trinajstić information content (AvgIpc) is 2.23. The highest BCUT2D eigenvalue weighted by Crippen LogP contribution is 2.33.